The second kappa shape index (κ2) is 11.0. The van der Waals surface area contributed by atoms with Gasteiger partial charge in [0.25, 0.3) is 5.91 Å². The predicted octanol–water partition coefficient (Wildman–Crippen LogP) is 3.66. The van der Waals surface area contributed by atoms with Crippen molar-refractivity contribution in [2.75, 3.05) is 26.2 Å². The lowest BCUT2D eigenvalue weighted by Crippen LogP contribution is -2.35. The average molecular weight is 388 g/mol. The van der Waals surface area contributed by atoms with Crippen molar-refractivity contribution in [3.8, 4) is 0 Å². The van der Waals surface area contributed by atoms with E-state index in [0.29, 0.717) is 12.2 Å². The maximum Gasteiger partial charge on any atom is 0.290 e. The van der Waals surface area contributed by atoms with E-state index in [0.717, 1.165) is 38.9 Å². The van der Waals surface area contributed by atoms with E-state index in [9.17, 15) is 14.7 Å². The summed E-state index contributed by atoms with van der Waals surface area (Å²) >= 11 is 0. The minimum absolute atomic E-state index is 0.150. The maximum absolute atomic E-state index is 12.6. The fourth-order valence-electron chi connectivity index (χ4n) is 3.65. The topological polar surface area (TPSA) is 73.7 Å². The number of amides is 1. The van der Waals surface area contributed by atoms with Gasteiger partial charge in [0.2, 0.25) is 0 Å². The number of hydrogen-bond donors (Lipinski definition) is 1. The van der Waals surface area contributed by atoms with Crippen LogP contribution in [0.25, 0.3) is 0 Å². The van der Waals surface area contributed by atoms with Crippen molar-refractivity contribution in [1.29, 1.82) is 0 Å². The molecule has 0 aromatic carbocycles. The fraction of sp³-hybridized carbons (Fsp3) is 0.591. The zero-order valence-corrected chi connectivity index (χ0v) is 17.4. The number of pyridine rings is 1. The van der Waals surface area contributed by atoms with E-state index in [2.05, 4.69) is 23.7 Å². The van der Waals surface area contributed by atoms with Crippen LogP contribution in [-0.4, -0.2) is 57.8 Å². The third-order valence-corrected chi connectivity index (χ3v) is 5.18. The van der Waals surface area contributed by atoms with Gasteiger partial charge in [0, 0.05) is 12.7 Å². The van der Waals surface area contributed by atoms with E-state index in [1.807, 2.05) is 6.07 Å². The maximum atomic E-state index is 12.6. The predicted molar refractivity (Wildman–Crippen MR) is 110 cm³/mol. The van der Waals surface area contributed by atoms with Crippen molar-refractivity contribution < 1.29 is 14.7 Å². The lowest BCUT2D eigenvalue weighted by Gasteiger charge is -2.28. The van der Waals surface area contributed by atoms with Gasteiger partial charge in [-0.2, -0.15) is 0 Å². The summed E-state index contributed by atoms with van der Waals surface area (Å²) in [6, 6.07) is 4.81. The molecule has 1 atom stereocenters. The molecule has 1 aromatic rings. The number of hydrogen-bond acceptors (Lipinski definition) is 5. The number of carbonyl (C=O) groups excluding carboxylic acids is 2. The molecule has 0 radical (unpaired) electrons. The lowest BCUT2D eigenvalue weighted by atomic mass is 10.0. The summed E-state index contributed by atoms with van der Waals surface area (Å²) in [6.45, 7) is 9.28. The van der Waals surface area contributed by atoms with Crippen LogP contribution in [0.4, 0.5) is 0 Å². The average Bonchev–Trinajstić information content (AvgIpc) is 2.95. The van der Waals surface area contributed by atoms with Crippen LogP contribution in [0.1, 0.15) is 64.6 Å². The highest BCUT2D eigenvalue weighted by atomic mass is 16.3. The summed E-state index contributed by atoms with van der Waals surface area (Å²) in [4.78, 5) is 33.1. The van der Waals surface area contributed by atoms with Crippen LogP contribution in [0.3, 0.4) is 0 Å². The Kier molecular flexibility index (Phi) is 8.64. The molecule has 0 fully saturated rings. The molecular formula is C22H33N3O3. The molecule has 0 saturated carbocycles. The minimum atomic E-state index is -0.606. The second-order valence-electron chi connectivity index (χ2n) is 7.38. The number of carbonyl (C=O) groups is 2. The molecule has 0 spiro atoms. The van der Waals surface area contributed by atoms with E-state index in [-0.39, 0.29) is 11.4 Å². The van der Waals surface area contributed by atoms with Crippen LogP contribution in [0.5, 0.6) is 0 Å². The van der Waals surface area contributed by atoms with Gasteiger partial charge in [-0.25, -0.2) is 0 Å². The molecule has 2 rings (SSSR count). The van der Waals surface area contributed by atoms with Crippen LogP contribution < -0.4 is 0 Å². The number of unbranched alkanes of at least 4 members (excludes halogenated alkanes) is 2. The van der Waals surface area contributed by atoms with Gasteiger partial charge in [0.1, 0.15) is 6.04 Å². The Morgan fingerprint density at radius 1 is 1.14 bits per heavy atom. The van der Waals surface area contributed by atoms with E-state index < -0.39 is 17.7 Å². The van der Waals surface area contributed by atoms with E-state index >= 15 is 0 Å². The SMILES string of the molecule is CCCCN(CCCC)CCCN1C(=O)C(O)=C(C(C)=O)[C@H]1c1ccccn1. The Hall–Kier alpha value is -2.21. The highest BCUT2D eigenvalue weighted by molar-refractivity contribution is 6.07. The standard InChI is InChI=1S/C22H33N3O3/c1-4-6-13-24(14-7-5-2)15-10-16-25-20(18-11-8-9-12-23-18)19(17(3)26)21(27)22(25)28/h8-9,11-12,20,27H,4-7,10,13-16H2,1-3H3/t20-/m1/s1. The summed E-state index contributed by atoms with van der Waals surface area (Å²) in [5, 5.41) is 10.3. The van der Waals surface area contributed by atoms with Crippen LogP contribution in [0.2, 0.25) is 0 Å². The molecular weight excluding hydrogens is 354 g/mol. The van der Waals surface area contributed by atoms with Crippen molar-refractivity contribution >= 4 is 11.7 Å². The van der Waals surface area contributed by atoms with Gasteiger partial charge in [0.05, 0.1) is 11.3 Å². The summed E-state index contributed by atoms with van der Waals surface area (Å²) in [7, 11) is 0. The number of aromatic nitrogens is 1. The monoisotopic (exact) mass is 387 g/mol. The molecule has 1 aromatic heterocycles. The van der Waals surface area contributed by atoms with E-state index in [4.69, 9.17) is 0 Å². The van der Waals surface area contributed by atoms with Crippen LogP contribution in [0.15, 0.2) is 35.7 Å². The fourth-order valence-corrected chi connectivity index (χ4v) is 3.65. The van der Waals surface area contributed by atoms with Gasteiger partial charge in [0.15, 0.2) is 11.5 Å². The molecule has 6 heteroatoms. The molecule has 1 N–H and O–H groups in total. The molecule has 1 aliphatic heterocycles. The minimum Gasteiger partial charge on any atom is -0.503 e. The Morgan fingerprint density at radius 3 is 2.32 bits per heavy atom. The number of ketones is 1. The Bertz CT molecular complexity index is 680. The number of Topliss-reactive ketones (excluding diaryl/α,β-unsaturated/α-hetero) is 1. The smallest absolute Gasteiger partial charge is 0.290 e. The first-order valence-electron chi connectivity index (χ1n) is 10.4. The highest BCUT2D eigenvalue weighted by Crippen LogP contribution is 2.36. The van der Waals surface area contributed by atoms with E-state index in [1.165, 1.54) is 19.8 Å². The Morgan fingerprint density at radius 2 is 1.79 bits per heavy atom. The van der Waals surface area contributed by atoms with Gasteiger partial charge >= 0.3 is 0 Å². The highest BCUT2D eigenvalue weighted by Gasteiger charge is 2.42. The summed E-state index contributed by atoms with van der Waals surface area (Å²) in [5.41, 5.74) is 0.761. The first-order valence-corrected chi connectivity index (χ1v) is 10.4. The third kappa shape index (κ3) is 5.41. The second-order valence-corrected chi connectivity index (χ2v) is 7.38. The first-order chi connectivity index (χ1) is 13.5. The van der Waals surface area contributed by atoms with Crippen molar-refractivity contribution in [3.63, 3.8) is 0 Å². The van der Waals surface area contributed by atoms with Gasteiger partial charge in [-0.05, 0) is 58.0 Å². The Balaban J connectivity index is 2.10. The zero-order valence-electron chi connectivity index (χ0n) is 17.4. The molecule has 0 saturated heterocycles. The van der Waals surface area contributed by atoms with Gasteiger partial charge in [-0.3, -0.25) is 14.6 Å². The number of nitrogens with zero attached hydrogens (tertiary/aromatic N) is 3. The quantitative estimate of drug-likeness (QED) is 0.592. The summed E-state index contributed by atoms with van der Waals surface area (Å²) in [6.07, 6.45) is 7.09. The summed E-state index contributed by atoms with van der Waals surface area (Å²) < 4.78 is 0. The van der Waals surface area contributed by atoms with Crippen molar-refractivity contribution in [3.05, 3.63) is 41.4 Å². The van der Waals surface area contributed by atoms with Crippen LogP contribution in [0, 0.1) is 0 Å². The van der Waals surface area contributed by atoms with Crippen LogP contribution >= 0.6 is 0 Å². The molecule has 154 valence electrons. The molecule has 0 bridgehead atoms. The number of aliphatic hydroxyl groups is 1. The van der Waals surface area contributed by atoms with Crippen LogP contribution in [-0.2, 0) is 9.59 Å². The molecule has 1 amide bonds. The normalized spacial score (nSPS) is 17.1. The van der Waals surface area contributed by atoms with Gasteiger partial charge < -0.3 is 14.9 Å². The number of rotatable bonds is 12. The first kappa shape index (κ1) is 22.1. The molecule has 0 unspecified atom stereocenters. The largest absolute Gasteiger partial charge is 0.503 e. The third-order valence-electron chi connectivity index (χ3n) is 5.18. The molecule has 2 heterocycles. The molecule has 28 heavy (non-hydrogen) atoms. The summed E-state index contributed by atoms with van der Waals surface area (Å²) in [5.74, 6) is -1.21. The zero-order chi connectivity index (χ0) is 20.5. The molecule has 6 nitrogen and oxygen atoms in total. The van der Waals surface area contributed by atoms with Gasteiger partial charge in [-0.1, -0.05) is 32.8 Å². The lowest BCUT2D eigenvalue weighted by molar-refractivity contribution is -0.129. The van der Waals surface area contributed by atoms with Gasteiger partial charge in [-0.15, -0.1) is 0 Å². The van der Waals surface area contributed by atoms with Crippen molar-refractivity contribution in [1.82, 2.24) is 14.8 Å². The number of aliphatic hydroxyl groups excluding tert-OH is 1. The molecule has 1 aliphatic rings. The van der Waals surface area contributed by atoms with Crippen molar-refractivity contribution in [2.24, 2.45) is 0 Å². The Labute approximate surface area is 168 Å². The van der Waals surface area contributed by atoms with Crippen molar-refractivity contribution in [2.45, 2.75) is 58.9 Å². The van der Waals surface area contributed by atoms with E-state index in [1.54, 1.807) is 23.2 Å². The molecule has 0 aliphatic carbocycles.